The van der Waals surface area contributed by atoms with E-state index in [1.54, 1.807) is 12.1 Å². The standard InChI is InChI=1S/C20H21Cl2NO4/c1-11-6-5-7-12(2)18(11)23-19(24)13(3)27-20(25)14(4)26-17-9-8-15(21)10-16(17)22/h5-10,13-14H,1-4H3,(H,23,24)/t13-,14-/m1/s1. The molecule has 5 nitrogen and oxygen atoms in total. The number of para-hydroxylation sites is 1. The van der Waals surface area contributed by atoms with Crippen LogP contribution in [0.1, 0.15) is 25.0 Å². The van der Waals surface area contributed by atoms with Gasteiger partial charge in [-0.3, -0.25) is 4.79 Å². The molecule has 144 valence electrons. The number of halogens is 2. The van der Waals surface area contributed by atoms with Gasteiger partial charge in [0, 0.05) is 10.7 Å². The number of anilines is 1. The number of carbonyl (C=O) groups excluding carboxylic acids is 2. The summed E-state index contributed by atoms with van der Waals surface area (Å²) >= 11 is 11.9. The fourth-order valence-electron chi connectivity index (χ4n) is 2.37. The van der Waals surface area contributed by atoms with Gasteiger partial charge in [0.15, 0.2) is 12.2 Å². The van der Waals surface area contributed by atoms with Gasteiger partial charge in [-0.15, -0.1) is 0 Å². The molecule has 0 saturated heterocycles. The predicted molar refractivity (Wildman–Crippen MR) is 107 cm³/mol. The van der Waals surface area contributed by atoms with Crippen LogP contribution in [0.4, 0.5) is 5.69 Å². The molecule has 0 radical (unpaired) electrons. The summed E-state index contributed by atoms with van der Waals surface area (Å²) in [7, 11) is 0. The van der Waals surface area contributed by atoms with Gasteiger partial charge in [0.1, 0.15) is 5.75 Å². The lowest BCUT2D eigenvalue weighted by molar-refractivity contribution is -0.159. The van der Waals surface area contributed by atoms with Crippen LogP contribution in [-0.4, -0.2) is 24.1 Å². The SMILES string of the molecule is Cc1cccc(C)c1NC(=O)[C@@H](C)OC(=O)[C@@H](C)Oc1ccc(Cl)cc1Cl. The van der Waals surface area contributed by atoms with Crippen molar-refractivity contribution in [3.8, 4) is 5.75 Å². The van der Waals surface area contributed by atoms with E-state index >= 15 is 0 Å². The highest BCUT2D eigenvalue weighted by Crippen LogP contribution is 2.28. The summed E-state index contributed by atoms with van der Waals surface area (Å²) in [6, 6.07) is 10.4. The molecule has 0 aliphatic rings. The largest absolute Gasteiger partial charge is 0.477 e. The van der Waals surface area contributed by atoms with Crippen molar-refractivity contribution in [1.82, 2.24) is 0 Å². The molecular weight excluding hydrogens is 389 g/mol. The van der Waals surface area contributed by atoms with Crippen LogP contribution in [0.2, 0.25) is 10.0 Å². The molecule has 0 aromatic heterocycles. The minimum atomic E-state index is -0.983. The Kier molecular flexibility index (Phi) is 7.11. The summed E-state index contributed by atoms with van der Waals surface area (Å²) in [6.45, 7) is 6.81. The van der Waals surface area contributed by atoms with Gasteiger partial charge in [-0.25, -0.2) is 4.79 Å². The fourth-order valence-corrected chi connectivity index (χ4v) is 2.82. The molecule has 0 saturated carbocycles. The Labute approximate surface area is 168 Å². The number of ether oxygens (including phenoxy) is 2. The van der Waals surface area contributed by atoms with Crippen molar-refractivity contribution in [2.24, 2.45) is 0 Å². The van der Waals surface area contributed by atoms with E-state index in [2.05, 4.69) is 5.32 Å². The minimum absolute atomic E-state index is 0.281. The molecule has 1 amide bonds. The third-order valence-corrected chi connectivity index (χ3v) is 4.45. The monoisotopic (exact) mass is 409 g/mol. The number of esters is 1. The number of benzene rings is 2. The van der Waals surface area contributed by atoms with Crippen molar-refractivity contribution >= 4 is 40.8 Å². The van der Waals surface area contributed by atoms with Crippen LogP contribution >= 0.6 is 23.2 Å². The van der Waals surface area contributed by atoms with Crippen LogP contribution in [0.3, 0.4) is 0 Å². The van der Waals surface area contributed by atoms with Crippen LogP contribution in [0.15, 0.2) is 36.4 Å². The molecule has 2 aromatic rings. The Bertz CT molecular complexity index is 834. The quantitative estimate of drug-likeness (QED) is 0.685. The van der Waals surface area contributed by atoms with Gasteiger partial charge in [0.2, 0.25) is 0 Å². The molecule has 0 spiro atoms. The molecule has 2 aromatic carbocycles. The summed E-state index contributed by atoms with van der Waals surface area (Å²) in [5.41, 5.74) is 2.56. The highest BCUT2D eigenvalue weighted by molar-refractivity contribution is 6.35. The first-order valence-corrected chi connectivity index (χ1v) is 9.14. The molecule has 0 aliphatic heterocycles. The predicted octanol–water partition coefficient (Wildman–Crippen LogP) is 4.95. The second-order valence-electron chi connectivity index (χ2n) is 6.17. The molecular formula is C20H21Cl2NO4. The normalized spacial score (nSPS) is 12.8. The maximum Gasteiger partial charge on any atom is 0.347 e. The maximum atomic E-state index is 12.4. The Morgan fingerprint density at radius 2 is 1.63 bits per heavy atom. The Balaban J connectivity index is 1.96. The lowest BCUT2D eigenvalue weighted by Gasteiger charge is -2.19. The van der Waals surface area contributed by atoms with Crippen molar-refractivity contribution in [1.29, 1.82) is 0 Å². The number of carbonyl (C=O) groups is 2. The Hall–Kier alpha value is -2.24. The molecule has 2 atom stereocenters. The highest BCUT2D eigenvalue weighted by atomic mass is 35.5. The Morgan fingerprint density at radius 1 is 1.00 bits per heavy atom. The molecule has 1 N–H and O–H groups in total. The summed E-state index contributed by atoms with van der Waals surface area (Å²) in [6.07, 6.45) is -1.93. The van der Waals surface area contributed by atoms with E-state index in [4.69, 9.17) is 32.7 Å². The third kappa shape index (κ3) is 5.62. The molecule has 0 fully saturated rings. The van der Waals surface area contributed by atoms with Crippen molar-refractivity contribution in [2.75, 3.05) is 5.32 Å². The fraction of sp³-hybridized carbons (Fsp3) is 0.300. The van der Waals surface area contributed by atoms with E-state index in [0.717, 1.165) is 11.1 Å². The molecule has 0 bridgehead atoms. The van der Waals surface area contributed by atoms with Crippen molar-refractivity contribution < 1.29 is 19.1 Å². The number of hydrogen-bond acceptors (Lipinski definition) is 4. The van der Waals surface area contributed by atoms with Crippen molar-refractivity contribution in [3.63, 3.8) is 0 Å². The van der Waals surface area contributed by atoms with E-state index in [1.807, 2.05) is 32.0 Å². The van der Waals surface area contributed by atoms with Gasteiger partial charge in [0.05, 0.1) is 5.02 Å². The van der Waals surface area contributed by atoms with E-state index in [9.17, 15) is 9.59 Å². The van der Waals surface area contributed by atoms with Crippen LogP contribution < -0.4 is 10.1 Å². The topological polar surface area (TPSA) is 64.6 Å². The van der Waals surface area contributed by atoms with Gasteiger partial charge < -0.3 is 14.8 Å². The Morgan fingerprint density at radius 3 is 2.22 bits per heavy atom. The maximum absolute atomic E-state index is 12.4. The third-order valence-electron chi connectivity index (χ3n) is 3.92. The lowest BCUT2D eigenvalue weighted by Crippen LogP contribution is -2.35. The van der Waals surface area contributed by atoms with Gasteiger partial charge in [-0.05, 0) is 57.0 Å². The van der Waals surface area contributed by atoms with E-state index < -0.39 is 24.1 Å². The van der Waals surface area contributed by atoms with E-state index in [-0.39, 0.29) is 5.02 Å². The zero-order valence-electron chi connectivity index (χ0n) is 15.5. The van der Waals surface area contributed by atoms with Crippen molar-refractivity contribution in [2.45, 2.75) is 39.9 Å². The second kappa shape index (κ2) is 9.11. The summed E-state index contributed by atoms with van der Waals surface area (Å²) < 4.78 is 10.7. The lowest BCUT2D eigenvalue weighted by atomic mass is 10.1. The zero-order chi connectivity index (χ0) is 20.1. The molecule has 7 heteroatoms. The molecule has 2 rings (SSSR count). The average molecular weight is 410 g/mol. The summed E-state index contributed by atoms with van der Waals surface area (Å²) in [5.74, 6) is -0.791. The van der Waals surface area contributed by atoms with Gasteiger partial charge >= 0.3 is 5.97 Å². The number of nitrogens with one attached hydrogen (secondary N) is 1. The molecule has 0 heterocycles. The van der Waals surface area contributed by atoms with Gasteiger partial charge in [0.25, 0.3) is 5.91 Å². The molecule has 0 aliphatic carbocycles. The number of amides is 1. The molecule has 27 heavy (non-hydrogen) atoms. The first kappa shape index (κ1) is 21.1. The summed E-state index contributed by atoms with van der Waals surface area (Å²) in [5, 5.41) is 3.53. The average Bonchev–Trinajstić information content (AvgIpc) is 2.60. The second-order valence-corrected chi connectivity index (χ2v) is 7.01. The van der Waals surface area contributed by atoms with Crippen LogP contribution in [0.5, 0.6) is 5.75 Å². The highest BCUT2D eigenvalue weighted by Gasteiger charge is 2.24. The number of rotatable bonds is 6. The first-order valence-electron chi connectivity index (χ1n) is 8.38. The van der Waals surface area contributed by atoms with Gasteiger partial charge in [-0.2, -0.15) is 0 Å². The first-order chi connectivity index (χ1) is 12.7. The zero-order valence-corrected chi connectivity index (χ0v) is 17.0. The summed E-state index contributed by atoms with van der Waals surface area (Å²) in [4.78, 5) is 24.6. The van der Waals surface area contributed by atoms with Crippen LogP contribution in [0, 0.1) is 13.8 Å². The minimum Gasteiger partial charge on any atom is -0.477 e. The smallest absolute Gasteiger partial charge is 0.347 e. The van der Waals surface area contributed by atoms with Crippen LogP contribution in [-0.2, 0) is 14.3 Å². The van der Waals surface area contributed by atoms with Crippen molar-refractivity contribution in [3.05, 3.63) is 57.6 Å². The van der Waals surface area contributed by atoms with E-state index in [1.165, 1.54) is 19.9 Å². The number of aryl methyl sites for hydroxylation is 2. The van der Waals surface area contributed by atoms with Gasteiger partial charge in [-0.1, -0.05) is 41.4 Å². The van der Waals surface area contributed by atoms with E-state index in [0.29, 0.717) is 16.5 Å². The van der Waals surface area contributed by atoms with Crippen LogP contribution in [0.25, 0.3) is 0 Å². The molecule has 0 unspecified atom stereocenters. The number of hydrogen-bond donors (Lipinski definition) is 1.